The SMILES string of the molecule is C[C@H]1[C@H]2CC[C@H]3[C@@H]4CC=C5C[C@@H](OC(=O)C(=O)c6ccco6)CC[C@]5(C)[C@H]4CC[C@]23CN1C. The number of rotatable bonds is 3. The van der Waals surface area contributed by atoms with Gasteiger partial charge in [0.1, 0.15) is 6.10 Å². The van der Waals surface area contributed by atoms with E-state index in [1.54, 1.807) is 6.07 Å². The van der Waals surface area contributed by atoms with E-state index in [2.05, 4.69) is 31.9 Å². The predicted molar refractivity (Wildman–Crippen MR) is 125 cm³/mol. The van der Waals surface area contributed by atoms with Crippen LogP contribution < -0.4 is 0 Å². The summed E-state index contributed by atoms with van der Waals surface area (Å²) in [5.74, 6) is 1.88. The molecule has 178 valence electrons. The fourth-order valence-corrected chi connectivity index (χ4v) is 9.24. The van der Waals surface area contributed by atoms with Gasteiger partial charge >= 0.3 is 11.8 Å². The van der Waals surface area contributed by atoms with Gasteiger partial charge in [0, 0.05) is 19.0 Å². The summed E-state index contributed by atoms with van der Waals surface area (Å²) in [6.45, 7) is 6.23. The van der Waals surface area contributed by atoms with Gasteiger partial charge in [-0.25, -0.2) is 4.79 Å². The van der Waals surface area contributed by atoms with Crippen LogP contribution in [0.5, 0.6) is 0 Å². The van der Waals surface area contributed by atoms with Crippen LogP contribution in [0, 0.1) is 34.5 Å². The van der Waals surface area contributed by atoms with Gasteiger partial charge in [-0.15, -0.1) is 0 Å². The summed E-state index contributed by atoms with van der Waals surface area (Å²) in [5.41, 5.74) is 2.24. The van der Waals surface area contributed by atoms with Crippen LogP contribution in [-0.2, 0) is 9.53 Å². The van der Waals surface area contributed by atoms with Crippen molar-refractivity contribution in [1.29, 1.82) is 0 Å². The number of ether oxygens (including phenoxy) is 1. The number of Topliss-reactive ketones (excluding diaryl/α,β-unsaturated/α-hetero) is 1. The van der Waals surface area contributed by atoms with E-state index in [-0.39, 0.29) is 17.3 Å². The van der Waals surface area contributed by atoms with E-state index in [0.717, 1.165) is 49.0 Å². The highest BCUT2D eigenvalue weighted by Gasteiger charge is 2.64. The number of carbonyl (C=O) groups excluding carboxylic acids is 2. The topological polar surface area (TPSA) is 59.8 Å². The molecule has 6 rings (SSSR count). The number of fused-ring (bicyclic) bond motifs is 4. The second-order valence-electron chi connectivity index (χ2n) is 11.9. The molecule has 3 saturated carbocycles. The predicted octanol–water partition coefficient (Wildman–Crippen LogP) is 5.27. The molecular weight excluding hydrogens is 414 g/mol. The molecule has 5 nitrogen and oxygen atoms in total. The summed E-state index contributed by atoms with van der Waals surface area (Å²) in [4.78, 5) is 27.3. The van der Waals surface area contributed by atoms with E-state index in [9.17, 15) is 9.59 Å². The number of likely N-dealkylation sites (tertiary alicyclic amines) is 1. The molecule has 0 amide bonds. The second kappa shape index (κ2) is 7.56. The molecular formula is C28H37NO4. The van der Waals surface area contributed by atoms with Gasteiger partial charge in [0.15, 0.2) is 5.76 Å². The molecule has 4 aliphatic carbocycles. The first kappa shape index (κ1) is 21.6. The average molecular weight is 452 g/mol. The molecule has 0 unspecified atom stereocenters. The highest BCUT2D eigenvalue weighted by Crippen LogP contribution is 2.68. The Kier molecular flexibility index (Phi) is 4.96. The standard InChI is InChI=1S/C28H37NO4/c1-17-21-8-9-23-20-7-6-18-15-19(33-26(31)25(30)24-5-4-14-32-24)10-12-27(18,2)22(20)11-13-28(21,23)16-29(17)3/h4-6,14,17,19-23H,7-13,15-16H2,1-3H3/t17-,19-,20+,21+,22-,23-,27-,28-/m0/s1. The number of hydrogen-bond donors (Lipinski definition) is 0. The third kappa shape index (κ3) is 3.07. The Morgan fingerprint density at radius 3 is 2.73 bits per heavy atom. The Morgan fingerprint density at radius 1 is 1.12 bits per heavy atom. The van der Waals surface area contributed by atoms with Crippen molar-refractivity contribution >= 4 is 11.8 Å². The van der Waals surface area contributed by atoms with Gasteiger partial charge in [0.25, 0.3) is 0 Å². The van der Waals surface area contributed by atoms with Gasteiger partial charge in [-0.05, 0) is 106 Å². The Morgan fingerprint density at radius 2 is 1.94 bits per heavy atom. The van der Waals surface area contributed by atoms with Gasteiger partial charge in [-0.2, -0.15) is 0 Å². The molecule has 33 heavy (non-hydrogen) atoms. The van der Waals surface area contributed by atoms with E-state index in [1.807, 2.05) is 0 Å². The summed E-state index contributed by atoms with van der Waals surface area (Å²) >= 11 is 0. The lowest BCUT2D eigenvalue weighted by molar-refractivity contribution is -0.145. The van der Waals surface area contributed by atoms with Gasteiger partial charge in [0.2, 0.25) is 0 Å². The number of ketones is 1. The number of furan rings is 1. The maximum absolute atomic E-state index is 12.4. The number of hydrogen-bond acceptors (Lipinski definition) is 5. The van der Waals surface area contributed by atoms with Crippen molar-refractivity contribution in [3.05, 3.63) is 35.8 Å². The number of esters is 1. The van der Waals surface area contributed by atoms with Crippen LogP contribution in [0.15, 0.2) is 34.5 Å². The van der Waals surface area contributed by atoms with Crippen LogP contribution in [0.1, 0.15) is 75.8 Å². The lowest BCUT2D eigenvalue weighted by atomic mass is 9.47. The van der Waals surface area contributed by atoms with E-state index >= 15 is 0 Å². The fraction of sp³-hybridized carbons (Fsp3) is 0.714. The zero-order chi connectivity index (χ0) is 23.0. The maximum Gasteiger partial charge on any atom is 0.383 e. The summed E-state index contributed by atoms with van der Waals surface area (Å²) in [6.07, 6.45) is 13.1. The Hall–Kier alpha value is -1.88. The van der Waals surface area contributed by atoms with Crippen molar-refractivity contribution in [3.63, 3.8) is 0 Å². The third-order valence-corrected chi connectivity index (χ3v) is 10.9. The van der Waals surface area contributed by atoms with Crippen LogP contribution in [0.3, 0.4) is 0 Å². The number of nitrogens with zero attached hydrogens (tertiary/aromatic N) is 1. The van der Waals surface area contributed by atoms with Crippen LogP contribution in [0.25, 0.3) is 0 Å². The second-order valence-corrected chi connectivity index (χ2v) is 11.9. The van der Waals surface area contributed by atoms with Crippen molar-refractivity contribution < 1.29 is 18.7 Å². The van der Waals surface area contributed by atoms with E-state index < -0.39 is 11.8 Å². The molecule has 0 bridgehead atoms. The lowest BCUT2D eigenvalue weighted by Crippen LogP contribution is -2.51. The molecule has 0 radical (unpaired) electrons. The maximum atomic E-state index is 12.4. The molecule has 2 heterocycles. The molecule has 1 aliphatic heterocycles. The fourth-order valence-electron chi connectivity index (χ4n) is 9.24. The van der Waals surface area contributed by atoms with Gasteiger partial charge in [0.05, 0.1) is 6.26 Å². The molecule has 0 N–H and O–H groups in total. The molecule has 4 fully saturated rings. The molecule has 1 aromatic heterocycles. The highest BCUT2D eigenvalue weighted by molar-refractivity contribution is 6.39. The van der Waals surface area contributed by atoms with Crippen molar-refractivity contribution in [1.82, 2.24) is 4.90 Å². The normalized spacial score (nSPS) is 44.3. The monoisotopic (exact) mass is 451 g/mol. The molecule has 1 saturated heterocycles. The van der Waals surface area contributed by atoms with Gasteiger partial charge in [-0.1, -0.05) is 18.6 Å². The van der Waals surface area contributed by atoms with Gasteiger partial charge in [-0.3, -0.25) is 4.79 Å². The Balaban J connectivity index is 1.18. The van der Waals surface area contributed by atoms with Crippen molar-refractivity contribution in [2.24, 2.45) is 34.5 Å². The quantitative estimate of drug-likeness (QED) is 0.271. The summed E-state index contributed by atoms with van der Waals surface area (Å²) in [7, 11) is 2.33. The van der Waals surface area contributed by atoms with Crippen molar-refractivity contribution in [2.45, 2.75) is 77.4 Å². The summed E-state index contributed by atoms with van der Waals surface area (Å²) < 4.78 is 10.7. The van der Waals surface area contributed by atoms with Crippen LogP contribution in [-0.4, -0.2) is 42.4 Å². The molecule has 0 aromatic carbocycles. The summed E-state index contributed by atoms with van der Waals surface area (Å²) in [5, 5.41) is 0. The molecule has 1 aromatic rings. The average Bonchev–Trinajstić information content (AvgIpc) is 3.50. The van der Waals surface area contributed by atoms with Crippen LogP contribution in [0.2, 0.25) is 0 Å². The molecule has 5 heteroatoms. The van der Waals surface area contributed by atoms with Gasteiger partial charge < -0.3 is 14.1 Å². The zero-order valence-corrected chi connectivity index (χ0v) is 20.2. The smallest absolute Gasteiger partial charge is 0.383 e. The van der Waals surface area contributed by atoms with Crippen molar-refractivity contribution in [3.8, 4) is 0 Å². The minimum atomic E-state index is -0.788. The number of allylic oxidation sites excluding steroid dienone is 1. The minimum Gasteiger partial charge on any atom is -0.461 e. The van der Waals surface area contributed by atoms with Crippen LogP contribution >= 0.6 is 0 Å². The number of carbonyl (C=O) groups is 2. The molecule has 1 spiro atoms. The first-order valence-corrected chi connectivity index (χ1v) is 13.0. The first-order chi connectivity index (χ1) is 15.8. The third-order valence-electron chi connectivity index (χ3n) is 10.9. The first-order valence-electron chi connectivity index (χ1n) is 13.0. The van der Waals surface area contributed by atoms with E-state index in [4.69, 9.17) is 9.15 Å². The van der Waals surface area contributed by atoms with E-state index in [0.29, 0.717) is 5.41 Å². The molecule has 8 atom stereocenters. The Bertz CT molecular complexity index is 982. The highest BCUT2D eigenvalue weighted by atomic mass is 16.5. The lowest BCUT2D eigenvalue weighted by Gasteiger charge is -2.58. The van der Waals surface area contributed by atoms with Crippen LogP contribution in [0.4, 0.5) is 0 Å². The zero-order valence-electron chi connectivity index (χ0n) is 20.2. The minimum absolute atomic E-state index is 0.0539. The Labute approximate surface area is 196 Å². The summed E-state index contributed by atoms with van der Waals surface area (Å²) in [6, 6.07) is 3.85. The van der Waals surface area contributed by atoms with E-state index in [1.165, 1.54) is 56.6 Å². The van der Waals surface area contributed by atoms with Crippen molar-refractivity contribution in [2.75, 3.05) is 13.6 Å². The molecule has 5 aliphatic rings. The largest absolute Gasteiger partial charge is 0.461 e.